The van der Waals surface area contributed by atoms with Crippen molar-refractivity contribution in [3.05, 3.63) is 17.5 Å². The Morgan fingerprint density at radius 2 is 1.71 bits per heavy atom. The van der Waals surface area contributed by atoms with Crippen molar-refractivity contribution >= 4 is 11.8 Å². The highest BCUT2D eigenvalue weighted by Gasteiger charge is 2.34. The molecule has 0 unspecified atom stereocenters. The summed E-state index contributed by atoms with van der Waals surface area (Å²) in [5.41, 5.74) is 7.30. The molecule has 2 rings (SSSR count). The molecule has 1 fully saturated rings. The number of amidine groups is 1. The molecule has 1 aliphatic rings. The van der Waals surface area contributed by atoms with Crippen molar-refractivity contribution in [3.63, 3.8) is 0 Å². The third kappa shape index (κ3) is 3.24. The topological polar surface area (TPSA) is 90.9 Å². The molecule has 116 valence electrons. The molecule has 0 bridgehead atoms. The van der Waals surface area contributed by atoms with E-state index in [-0.39, 0.29) is 5.84 Å². The standard InChI is InChI=1S/C14H24N6O/c1-10-9-11(2)17-13(16-10)19-5-7-20(8-6-19)14(3,4)12(15)18-21/h9,21H,5-8H2,1-4H3,(H2,15,18). The van der Waals surface area contributed by atoms with Crippen LogP contribution in [0.15, 0.2) is 11.2 Å². The lowest BCUT2D eigenvalue weighted by molar-refractivity contribution is 0.160. The Balaban J connectivity index is 2.06. The Bertz CT molecular complexity index is 514. The van der Waals surface area contributed by atoms with E-state index in [4.69, 9.17) is 10.9 Å². The Morgan fingerprint density at radius 1 is 1.19 bits per heavy atom. The van der Waals surface area contributed by atoms with Crippen LogP contribution in [0.25, 0.3) is 0 Å². The van der Waals surface area contributed by atoms with Crippen LogP contribution in [0.4, 0.5) is 5.95 Å². The van der Waals surface area contributed by atoms with Crippen molar-refractivity contribution in [1.82, 2.24) is 14.9 Å². The second-order valence-corrected chi connectivity index (χ2v) is 5.97. The average Bonchev–Trinajstić information content (AvgIpc) is 2.45. The van der Waals surface area contributed by atoms with E-state index in [1.807, 2.05) is 33.8 Å². The van der Waals surface area contributed by atoms with E-state index in [0.29, 0.717) is 0 Å². The van der Waals surface area contributed by atoms with Crippen molar-refractivity contribution in [2.24, 2.45) is 10.9 Å². The SMILES string of the molecule is Cc1cc(C)nc(N2CCN(C(C)(C)C(N)=NO)CC2)n1. The summed E-state index contributed by atoms with van der Waals surface area (Å²) in [6.07, 6.45) is 0. The summed E-state index contributed by atoms with van der Waals surface area (Å²) >= 11 is 0. The number of anilines is 1. The monoisotopic (exact) mass is 292 g/mol. The third-order valence-corrected chi connectivity index (χ3v) is 4.06. The molecule has 1 aliphatic heterocycles. The van der Waals surface area contributed by atoms with Crippen LogP contribution in [0.3, 0.4) is 0 Å². The lowest BCUT2D eigenvalue weighted by atomic mass is 10.0. The first kappa shape index (κ1) is 15.5. The molecule has 0 saturated carbocycles. The van der Waals surface area contributed by atoms with Gasteiger partial charge in [0.1, 0.15) is 0 Å². The average molecular weight is 292 g/mol. The number of aryl methyl sites for hydroxylation is 2. The van der Waals surface area contributed by atoms with Crippen LogP contribution in [-0.4, -0.2) is 57.6 Å². The van der Waals surface area contributed by atoms with E-state index in [9.17, 15) is 0 Å². The molecule has 0 aromatic carbocycles. The fourth-order valence-corrected chi connectivity index (χ4v) is 2.60. The van der Waals surface area contributed by atoms with Crippen LogP contribution >= 0.6 is 0 Å². The number of nitrogens with two attached hydrogens (primary N) is 1. The highest BCUT2D eigenvalue weighted by Crippen LogP contribution is 2.19. The van der Waals surface area contributed by atoms with Gasteiger partial charge in [0.15, 0.2) is 5.84 Å². The van der Waals surface area contributed by atoms with E-state index in [1.54, 1.807) is 0 Å². The van der Waals surface area contributed by atoms with Gasteiger partial charge in [-0.3, -0.25) is 4.90 Å². The highest BCUT2D eigenvalue weighted by molar-refractivity contribution is 5.88. The van der Waals surface area contributed by atoms with Crippen LogP contribution in [-0.2, 0) is 0 Å². The molecule has 7 nitrogen and oxygen atoms in total. The number of rotatable bonds is 3. The number of nitrogens with zero attached hydrogens (tertiary/aromatic N) is 5. The first-order valence-electron chi connectivity index (χ1n) is 7.15. The first-order valence-corrected chi connectivity index (χ1v) is 7.15. The van der Waals surface area contributed by atoms with Gasteiger partial charge in [-0.15, -0.1) is 0 Å². The molecule has 0 atom stereocenters. The van der Waals surface area contributed by atoms with E-state index in [1.165, 1.54) is 0 Å². The maximum Gasteiger partial charge on any atom is 0.225 e. The van der Waals surface area contributed by atoms with Crippen molar-refractivity contribution in [2.75, 3.05) is 31.1 Å². The smallest absolute Gasteiger partial charge is 0.225 e. The highest BCUT2D eigenvalue weighted by atomic mass is 16.4. The molecule has 1 saturated heterocycles. The minimum atomic E-state index is -0.454. The molecule has 21 heavy (non-hydrogen) atoms. The molecule has 1 aromatic rings. The molecule has 0 spiro atoms. The van der Waals surface area contributed by atoms with E-state index in [0.717, 1.165) is 43.5 Å². The number of oxime groups is 1. The van der Waals surface area contributed by atoms with Gasteiger partial charge < -0.3 is 15.8 Å². The fourth-order valence-electron chi connectivity index (χ4n) is 2.60. The van der Waals surface area contributed by atoms with Gasteiger partial charge >= 0.3 is 0 Å². The zero-order valence-corrected chi connectivity index (χ0v) is 13.2. The number of hydrogen-bond acceptors (Lipinski definition) is 6. The zero-order chi connectivity index (χ0) is 15.6. The van der Waals surface area contributed by atoms with Crippen LogP contribution in [0.1, 0.15) is 25.2 Å². The first-order chi connectivity index (χ1) is 9.84. The largest absolute Gasteiger partial charge is 0.409 e. The minimum absolute atomic E-state index is 0.235. The minimum Gasteiger partial charge on any atom is -0.409 e. The fraction of sp³-hybridized carbons (Fsp3) is 0.643. The normalized spacial score (nSPS) is 18.1. The maximum atomic E-state index is 8.90. The summed E-state index contributed by atoms with van der Waals surface area (Å²) in [7, 11) is 0. The second kappa shape index (κ2) is 5.85. The van der Waals surface area contributed by atoms with Crippen LogP contribution in [0.5, 0.6) is 0 Å². The van der Waals surface area contributed by atoms with Crippen LogP contribution in [0, 0.1) is 13.8 Å². The van der Waals surface area contributed by atoms with Crippen molar-refractivity contribution < 1.29 is 5.21 Å². The molecule has 0 radical (unpaired) electrons. The number of piperazine rings is 1. The molecule has 1 aromatic heterocycles. The Labute approximate surface area is 125 Å². The van der Waals surface area contributed by atoms with Crippen molar-refractivity contribution in [2.45, 2.75) is 33.2 Å². The summed E-state index contributed by atoms with van der Waals surface area (Å²) in [5, 5.41) is 12.0. The van der Waals surface area contributed by atoms with E-state index >= 15 is 0 Å². The Hall–Kier alpha value is -1.89. The van der Waals surface area contributed by atoms with Gasteiger partial charge in [-0.05, 0) is 33.8 Å². The molecule has 2 heterocycles. The summed E-state index contributed by atoms with van der Waals surface area (Å²) in [6, 6.07) is 1.97. The maximum absolute atomic E-state index is 8.90. The van der Waals surface area contributed by atoms with Gasteiger partial charge in [-0.25, -0.2) is 9.97 Å². The van der Waals surface area contributed by atoms with Crippen molar-refractivity contribution in [3.8, 4) is 0 Å². The quantitative estimate of drug-likeness (QED) is 0.369. The summed E-state index contributed by atoms with van der Waals surface area (Å²) in [4.78, 5) is 13.4. The van der Waals surface area contributed by atoms with Gasteiger partial charge in [0.05, 0.1) is 5.54 Å². The Kier molecular flexibility index (Phi) is 4.32. The Morgan fingerprint density at radius 3 is 2.19 bits per heavy atom. The van der Waals surface area contributed by atoms with E-state index in [2.05, 4.69) is 24.9 Å². The lowest BCUT2D eigenvalue weighted by Gasteiger charge is -2.43. The van der Waals surface area contributed by atoms with E-state index < -0.39 is 5.54 Å². The molecule has 7 heteroatoms. The lowest BCUT2D eigenvalue weighted by Crippen LogP contribution is -2.60. The molecule has 0 amide bonds. The zero-order valence-electron chi connectivity index (χ0n) is 13.2. The van der Waals surface area contributed by atoms with Crippen molar-refractivity contribution in [1.29, 1.82) is 0 Å². The van der Waals surface area contributed by atoms with Gasteiger partial charge in [0, 0.05) is 37.6 Å². The van der Waals surface area contributed by atoms with Gasteiger partial charge in [-0.2, -0.15) is 0 Å². The number of hydrogen-bond donors (Lipinski definition) is 2. The summed E-state index contributed by atoms with van der Waals surface area (Å²) < 4.78 is 0. The van der Waals surface area contributed by atoms with Crippen LogP contribution < -0.4 is 10.6 Å². The molecular weight excluding hydrogens is 268 g/mol. The van der Waals surface area contributed by atoms with Crippen LogP contribution in [0.2, 0.25) is 0 Å². The summed E-state index contributed by atoms with van der Waals surface area (Å²) in [5.74, 6) is 1.02. The van der Waals surface area contributed by atoms with Gasteiger partial charge in [0.25, 0.3) is 0 Å². The molecule has 3 N–H and O–H groups in total. The summed E-state index contributed by atoms with van der Waals surface area (Å²) in [6.45, 7) is 11.2. The molecular formula is C14H24N6O. The second-order valence-electron chi connectivity index (χ2n) is 5.97. The van der Waals surface area contributed by atoms with Gasteiger partial charge in [0.2, 0.25) is 5.95 Å². The number of aromatic nitrogens is 2. The third-order valence-electron chi connectivity index (χ3n) is 4.06. The molecule has 0 aliphatic carbocycles. The predicted octanol–water partition coefficient (Wildman–Crippen LogP) is 0.740. The van der Waals surface area contributed by atoms with Gasteiger partial charge in [-0.1, -0.05) is 5.16 Å². The predicted molar refractivity (Wildman–Crippen MR) is 82.8 cm³/mol.